The van der Waals surface area contributed by atoms with Gasteiger partial charge in [-0.15, -0.1) is 10.2 Å². The van der Waals surface area contributed by atoms with Gasteiger partial charge in [0.05, 0.1) is 0 Å². The number of aromatic amines is 1. The standard InChI is InChI=1S/C20H20N4OS.ClH/c1-13-5-4-6-14(9-13)12-26-20-24-23-19(25-20)17(21)10-15-11-22-18-8-3-2-7-16(15)18;/h2-9,11,17,22H,10,12,21H2,1H3;1H/t17-;/m0./s1. The number of aromatic nitrogens is 3. The fraction of sp³-hybridized carbons (Fsp3) is 0.200. The third-order valence-corrected chi connectivity index (χ3v) is 5.25. The van der Waals surface area contributed by atoms with Crippen LogP contribution in [0.4, 0.5) is 0 Å². The average molecular weight is 401 g/mol. The highest BCUT2D eigenvalue weighted by Gasteiger charge is 2.20. The molecule has 0 spiro atoms. The van der Waals surface area contributed by atoms with Crippen LogP contribution in [0.25, 0.3) is 10.9 Å². The van der Waals surface area contributed by atoms with Crippen molar-refractivity contribution in [3.63, 3.8) is 0 Å². The Morgan fingerprint density at radius 3 is 2.85 bits per heavy atom. The lowest BCUT2D eigenvalue weighted by Crippen LogP contribution is -3.00. The third-order valence-electron chi connectivity index (χ3n) is 4.36. The van der Waals surface area contributed by atoms with Crippen LogP contribution in [0.1, 0.15) is 28.6 Å². The summed E-state index contributed by atoms with van der Waals surface area (Å²) < 4.78 is 5.83. The minimum atomic E-state index is -0.0741. The molecule has 2 aromatic heterocycles. The maximum atomic E-state index is 5.83. The number of quaternary nitrogens is 1. The number of nitrogens with zero attached hydrogens (tertiary/aromatic N) is 2. The molecule has 1 atom stereocenters. The van der Waals surface area contributed by atoms with Gasteiger partial charge in [0.1, 0.15) is 0 Å². The van der Waals surface area contributed by atoms with Crippen LogP contribution in [0.15, 0.2) is 64.4 Å². The summed E-state index contributed by atoms with van der Waals surface area (Å²) in [6.07, 6.45) is 2.79. The molecule has 0 aliphatic carbocycles. The van der Waals surface area contributed by atoms with E-state index in [1.54, 1.807) is 11.8 Å². The van der Waals surface area contributed by atoms with E-state index in [0.29, 0.717) is 11.1 Å². The maximum Gasteiger partial charge on any atom is 0.277 e. The summed E-state index contributed by atoms with van der Waals surface area (Å²) >= 11 is 1.56. The Kier molecular flexibility index (Phi) is 6.21. The van der Waals surface area contributed by atoms with Gasteiger partial charge in [0.15, 0.2) is 6.04 Å². The van der Waals surface area contributed by atoms with Gasteiger partial charge in [-0.1, -0.05) is 59.8 Å². The number of benzene rings is 2. The van der Waals surface area contributed by atoms with E-state index < -0.39 is 0 Å². The van der Waals surface area contributed by atoms with Crippen LogP contribution in [0.2, 0.25) is 0 Å². The molecule has 5 nitrogen and oxygen atoms in total. The topological polar surface area (TPSA) is 82.4 Å². The largest absolute Gasteiger partial charge is 1.00 e. The van der Waals surface area contributed by atoms with Gasteiger partial charge in [-0.25, -0.2) is 0 Å². The fourth-order valence-electron chi connectivity index (χ4n) is 3.04. The van der Waals surface area contributed by atoms with Gasteiger partial charge in [0, 0.05) is 29.3 Å². The molecule has 27 heavy (non-hydrogen) atoms. The summed E-state index contributed by atoms with van der Waals surface area (Å²) in [6.45, 7) is 2.09. The van der Waals surface area contributed by atoms with Crippen molar-refractivity contribution in [2.24, 2.45) is 0 Å². The molecule has 0 aliphatic heterocycles. The van der Waals surface area contributed by atoms with E-state index in [1.165, 1.54) is 22.1 Å². The van der Waals surface area contributed by atoms with Gasteiger partial charge in [-0.05, 0) is 24.1 Å². The van der Waals surface area contributed by atoms with E-state index in [1.807, 2.05) is 18.3 Å². The highest BCUT2D eigenvalue weighted by Crippen LogP contribution is 2.25. The summed E-state index contributed by atoms with van der Waals surface area (Å²) in [4.78, 5) is 3.29. The van der Waals surface area contributed by atoms with Crippen LogP contribution in [0.5, 0.6) is 0 Å². The van der Waals surface area contributed by atoms with Crippen molar-refractivity contribution in [3.05, 3.63) is 77.3 Å². The SMILES string of the molecule is Cc1cccc(CSc2nnc([C@@H]([NH3+])Cc3c[nH]c4ccccc34)o2)c1.[Cl-]. The van der Waals surface area contributed by atoms with E-state index in [9.17, 15) is 0 Å². The van der Waals surface area contributed by atoms with Gasteiger partial charge < -0.3 is 27.5 Å². The molecule has 0 amide bonds. The average Bonchev–Trinajstić information content (AvgIpc) is 3.28. The van der Waals surface area contributed by atoms with Crippen LogP contribution in [0, 0.1) is 6.92 Å². The smallest absolute Gasteiger partial charge is 0.277 e. The number of aryl methyl sites for hydroxylation is 1. The van der Waals surface area contributed by atoms with Gasteiger partial charge in [-0.2, -0.15) is 0 Å². The van der Waals surface area contributed by atoms with E-state index in [4.69, 9.17) is 4.42 Å². The molecular formula is C20H21ClN4OS. The molecule has 4 N–H and O–H groups in total. The number of halogens is 1. The molecular weight excluding hydrogens is 380 g/mol. The number of fused-ring (bicyclic) bond motifs is 1. The van der Waals surface area contributed by atoms with Gasteiger partial charge in [0.25, 0.3) is 11.1 Å². The molecule has 4 rings (SSSR count). The predicted molar refractivity (Wildman–Crippen MR) is 103 cm³/mol. The predicted octanol–water partition coefficient (Wildman–Crippen LogP) is 0.681. The maximum absolute atomic E-state index is 5.83. The van der Waals surface area contributed by atoms with Crippen molar-refractivity contribution in [2.75, 3.05) is 0 Å². The molecule has 0 saturated carbocycles. The molecule has 0 bridgehead atoms. The van der Waals surface area contributed by atoms with Crippen molar-refractivity contribution in [1.29, 1.82) is 0 Å². The zero-order chi connectivity index (χ0) is 17.9. The highest BCUT2D eigenvalue weighted by atomic mass is 35.5. The lowest BCUT2D eigenvalue weighted by Gasteiger charge is -2.03. The first-order chi connectivity index (χ1) is 12.7. The fourth-order valence-corrected chi connectivity index (χ4v) is 3.76. The zero-order valence-corrected chi connectivity index (χ0v) is 16.6. The van der Waals surface area contributed by atoms with Crippen molar-refractivity contribution in [2.45, 2.75) is 30.4 Å². The second-order valence-corrected chi connectivity index (χ2v) is 7.37. The van der Waals surface area contributed by atoms with Crippen molar-refractivity contribution in [1.82, 2.24) is 15.2 Å². The summed E-state index contributed by atoms with van der Waals surface area (Å²) in [5.41, 5.74) is 9.07. The van der Waals surface area contributed by atoms with E-state index in [0.717, 1.165) is 17.7 Å². The molecule has 140 valence electrons. The Hall–Kier alpha value is -2.28. The molecule has 0 saturated heterocycles. The van der Waals surface area contributed by atoms with E-state index >= 15 is 0 Å². The first-order valence-electron chi connectivity index (χ1n) is 8.59. The van der Waals surface area contributed by atoms with Crippen molar-refractivity contribution < 1.29 is 22.6 Å². The number of hydrogen-bond donors (Lipinski definition) is 2. The molecule has 0 radical (unpaired) electrons. The van der Waals surface area contributed by atoms with Crippen LogP contribution in [0.3, 0.4) is 0 Å². The van der Waals surface area contributed by atoms with Crippen molar-refractivity contribution in [3.8, 4) is 0 Å². The molecule has 7 heteroatoms. The summed E-state index contributed by atoms with van der Waals surface area (Å²) in [6, 6.07) is 16.6. The lowest BCUT2D eigenvalue weighted by molar-refractivity contribution is -0.431. The monoisotopic (exact) mass is 400 g/mol. The number of para-hydroxylation sites is 1. The molecule has 4 aromatic rings. The number of rotatable bonds is 6. The lowest BCUT2D eigenvalue weighted by atomic mass is 10.1. The van der Waals surface area contributed by atoms with Gasteiger partial charge >= 0.3 is 0 Å². The Bertz CT molecular complexity index is 1030. The van der Waals surface area contributed by atoms with Crippen molar-refractivity contribution >= 4 is 22.7 Å². The summed E-state index contributed by atoms with van der Waals surface area (Å²) in [5.74, 6) is 1.40. The van der Waals surface area contributed by atoms with Crippen LogP contribution in [-0.4, -0.2) is 15.2 Å². The normalized spacial score (nSPS) is 12.1. The van der Waals surface area contributed by atoms with E-state index in [-0.39, 0.29) is 18.4 Å². The molecule has 0 aliphatic rings. The first kappa shape index (κ1) is 19.5. The number of hydrogen-bond acceptors (Lipinski definition) is 4. The molecule has 0 fully saturated rings. The number of nitrogens with one attached hydrogen (secondary N) is 1. The second kappa shape index (κ2) is 8.61. The molecule has 2 aromatic carbocycles. The summed E-state index contributed by atoms with van der Waals surface area (Å²) in [7, 11) is 0. The summed E-state index contributed by atoms with van der Waals surface area (Å²) in [5, 5.41) is 10.2. The second-order valence-electron chi connectivity index (χ2n) is 6.44. The van der Waals surface area contributed by atoms with Crippen LogP contribution < -0.4 is 18.1 Å². The van der Waals surface area contributed by atoms with Crippen LogP contribution in [-0.2, 0) is 12.2 Å². The number of thioether (sulfide) groups is 1. The Morgan fingerprint density at radius 1 is 1.15 bits per heavy atom. The zero-order valence-electron chi connectivity index (χ0n) is 15.0. The minimum absolute atomic E-state index is 0. The van der Waals surface area contributed by atoms with Crippen LogP contribution >= 0.6 is 11.8 Å². The quantitative estimate of drug-likeness (QED) is 0.466. The van der Waals surface area contributed by atoms with Gasteiger partial charge in [-0.3, -0.25) is 0 Å². The molecule has 2 heterocycles. The minimum Gasteiger partial charge on any atom is -1.00 e. The van der Waals surface area contributed by atoms with Gasteiger partial charge in [0.2, 0.25) is 0 Å². The van der Waals surface area contributed by atoms with E-state index in [2.05, 4.69) is 64.2 Å². The highest BCUT2D eigenvalue weighted by molar-refractivity contribution is 7.98. The Balaban J connectivity index is 0.00000210. The molecule has 0 unspecified atom stereocenters. The number of H-pyrrole nitrogens is 1. The third kappa shape index (κ3) is 4.53. The Morgan fingerprint density at radius 2 is 2.00 bits per heavy atom. The first-order valence-corrected chi connectivity index (χ1v) is 9.57. The Labute approximate surface area is 168 Å².